The Morgan fingerprint density at radius 3 is 2.65 bits per heavy atom. The lowest BCUT2D eigenvalue weighted by molar-refractivity contribution is 0.756. The average molecular weight is 283 g/mol. The van der Waals surface area contributed by atoms with E-state index in [1.165, 1.54) is 15.4 Å². The van der Waals surface area contributed by atoms with Gasteiger partial charge in [-0.3, -0.25) is 4.40 Å². The summed E-state index contributed by atoms with van der Waals surface area (Å²) in [6.07, 6.45) is 2.12. The summed E-state index contributed by atoms with van der Waals surface area (Å²) in [5.74, 6) is 1.37. The molecule has 0 radical (unpaired) electrons. The minimum atomic E-state index is 0.365. The van der Waals surface area contributed by atoms with Crippen molar-refractivity contribution in [1.82, 2.24) is 14.6 Å². The van der Waals surface area contributed by atoms with Gasteiger partial charge in [0, 0.05) is 21.9 Å². The van der Waals surface area contributed by atoms with Crippen LogP contribution < -0.4 is 0 Å². The summed E-state index contributed by atoms with van der Waals surface area (Å²) in [5, 5.41) is 8.47. The highest BCUT2D eigenvalue weighted by molar-refractivity contribution is 7.99. The van der Waals surface area contributed by atoms with Crippen LogP contribution in [0, 0.1) is 6.92 Å². The lowest BCUT2D eigenvalue weighted by atomic mass is 10.2. The lowest BCUT2D eigenvalue weighted by Gasteiger charge is -2.06. The zero-order chi connectivity index (χ0) is 14.1. The molecule has 0 bridgehead atoms. The van der Waals surface area contributed by atoms with Gasteiger partial charge in [-0.05, 0) is 31.2 Å². The van der Waals surface area contributed by atoms with Gasteiger partial charge in [0.15, 0.2) is 5.65 Å². The fourth-order valence-corrected chi connectivity index (χ4v) is 3.12. The molecule has 0 unspecified atom stereocenters. The molecule has 2 aromatic heterocycles. The van der Waals surface area contributed by atoms with Gasteiger partial charge in [0.2, 0.25) is 0 Å². The van der Waals surface area contributed by atoms with Crippen molar-refractivity contribution in [3.8, 4) is 0 Å². The second-order valence-corrected chi connectivity index (χ2v) is 6.37. The van der Waals surface area contributed by atoms with E-state index in [9.17, 15) is 0 Å². The summed E-state index contributed by atoms with van der Waals surface area (Å²) < 4.78 is 2.09. The molecule has 0 aliphatic heterocycles. The van der Waals surface area contributed by atoms with Gasteiger partial charge in [0.1, 0.15) is 5.82 Å². The Kier molecular flexibility index (Phi) is 3.49. The molecule has 0 atom stereocenters. The molecule has 0 spiro atoms. The van der Waals surface area contributed by atoms with Gasteiger partial charge in [-0.1, -0.05) is 43.3 Å². The average Bonchev–Trinajstić information content (AvgIpc) is 2.82. The number of fused-ring (bicyclic) bond motifs is 1. The first-order chi connectivity index (χ1) is 9.63. The number of rotatable bonds is 3. The molecule has 102 valence electrons. The monoisotopic (exact) mass is 283 g/mol. The Balaban J connectivity index is 1.98. The van der Waals surface area contributed by atoms with E-state index in [0.717, 1.165) is 11.5 Å². The van der Waals surface area contributed by atoms with Gasteiger partial charge in [0.25, 0.3) is 0 Å². The number of aryl methyl sites for hydroxylation is 1. The summed E-state index contributed by atoms with van der Waals surface area (Å²) in [4.78, 5) is 2.45. The third kappa shape index (κ3) is 2.56. The van der Waals surface area contributed by atoms with Crippen LogP contribution in [0.15, 0.2) is 52.4 Å². The van der Waals surface area contributed by atoms with Crippen LogP contribution in [0.1, 0.15) is 31.2 Å². The van der Waals surface area contributed by atoms with E-state index >= 15 is 0 Å². The van der Waals surface area contributed by atoms with Crippen LogP contribution in [0.2, 0.25) is 0 Å². The van der Waals surface area contributed by atoms with Crippen LogP contribution in [-0.4, -0.2) is 14.6 Å². The highest BCUT2D eigenvalue weighted by Gasteiger charge is 2.09. The van der Waals surface area contributed by atoms with Crippen LogP contribution in [0.4, 0.5) is 0 Å². The van der Waals surface area contributed by atoms with Crippen LogP contribution in [0.5, 0.6) is 0 Å². The van der Waals surface area contributed by atoms with Gasteiger partial charge in [-0.25, -0.2) is 0 Å². The highest BCUT2D eigenvalue weighted by atomic mass is 32.2. The molecule has 3 aromatic rings. The van der Waals surface area contributed by atoms with Gasteiger partial charge in [-0.2, -0.15) is 0 Å². The first-order valence-electron chi connectivity index (χ1n) is 6.72. The molecule has 0 aliphatic carbocycles. The van der Waals surface area contributed by atoms with Gasteiger partial charge in [-0.15, -0.1) is 10.2 Å². The number of hydrogen-bond donors (Lipinski definition) is 0. The van der Waals surface area contributed by atoms with Crippen molar-refractivity contribution < 1.29 is 0 Å². The smallest absolute Gasteiger partial charge is 0.160 e. The molecule has 0 amide bonds. The molecular weight excluding hydrogens is 266 g/mol. The summed E-state index contributed by atoms with van der Waals surface area (Å²) >= 11 is 1.76. The first-order valence-corrected chi connectivity index (χ1v) is 7.54. The maximum absolute atomic E-state index is 4.26. The molecule has 0 saturated heterocycles. The van der Waals surface area contributed by atoms with E-state index in [2.05, 4.69) is 71.9 Å². The van der Waals surface area contributed by atoms with Crippen molar-refractivity contribution >= 4 is 17.4 Å². The second-order valence-electron chi connectivity index (χ2n) is 5.22. The number of hydrogen-bond acceptors (Lipinski definition) is 3. The van der Waals surface area contributed by atoms with Crippen LogP contribution in [0.25, 0.3) is 5.65 Å². The van der Waals surface area contributed by atoms with Crippen molar-refractivity contribution in [2.45, 2.75) is 36.5 Å². The Morgan fingerprint density at radius 1 is 1.05 bits per heavy atom. The van der Waals surface area contributed by atoms with Gasteiger partial charge >= 0.3 is 0 Å². The Morgan fingerprint density at radius 2 is 1.90 bits per heavy atom. The normalized spacial score (nSPS) is 11.4. The molecule has 0 fully saturated rings. The molecule has 0 aliphatic rings. The minimum Gasteiger partial charge on any atom is -0.285 e. The molecule has 4 heteroatoms. The molecule has 3 nitrogen and oxygen atoms in total. The fraction of sp³-hybridized carbons (Fsp3) is 0.250. The number of benzene rings is 1. The van der Waals surface area contributed by atoms with E-state index in [1.807, 2.05) is 6.07 Å². The van der Waals surface area contributed by atoms with E-state index < -0.39 is 0 Å². The topological polar surface area (TPSA) is 30.2 Å². The van der Waals surface area contributed by atoms with E-state index in [1.54, 1.807) is 11.8 Å². The van der Waals surface area contributed by atoms with Gasteiger partial charge in [0.05, 0.1) is 0 Å². The van der Waals surface area contributed by atoms with Crippen molar-refractivity contribution in [3.63, 3.8) is 0 Å². The van der Waals surface area contributed by atoms with Crippen LogP contribution in [0.3, 0.4) is 0 Å². The highest BCUT2D eigenvalue weighted by Crippen LogP contribution is 2.28. The maximum Gasteiger partial charge on any atom is 0.160 e. The summed E-state index contributed by atoms with van der Waals surface area (Å²) in [6.45, 7) is 6.39. The van der Waals surface area contributed by atoms with E-state index in [4.69, 9.17) is 0 Å². The Bertz CT molecular complexity index is 746. The van der Waals surface area contributed by atoms with Crippen molar-refractivity contribution in [1.29, 1.82) is 0 Å². The summed E-state index contributed by atoms with van der Waals surface area (Å²) in [6, 6.07) is 12.7. The van der Waals surface area contributed by atoms with Crippen molar-refractivity contribution in [3.05, 3.63) is 54.0 Å². The minimum absolute atomic E-state index is 0.365. The molecule has 2 heterocycles. The Labute approximate surface area is 123 Å². The number of pyridine rings is 1. The molecule has 20 heavy (non-hydrogen) atoms. The standard InChI is InChI=1S/C16H17N3S/c1-11(2)16-18-17-15-8-7-14(10-19(15)16)20-13-6-4-5-12(3)9-13/h4-11H,1-3H3. The SMILES string of the molecule is Cc1cccc(Sc2ccc3nnc(C(C)C)n3c2)c1. The predicted octanol–water partition coefficient (Wildman–Crippen LogP) is 4.31. The molecule has 0 saturated carbocycles. The Hall–Kier alpha value is -1.81. The second kappa shape index (κ2) is 5.29. The van der Waals surface area contributed by atoms with Crippen molar-refractivity contribution in [2.24, 2.45) is 0 Å². The molecule has 0 N–H and O–H groups in total. The third-order valence-electron chi connectivity index (χ3n) is 3.14. The van der Waals surface area contributed by atoms with Crippen molar-refractivity contribution in [2.75, 3.05) is 0 Å². The fourth-order valence-electron chi connectivity index (χ4n) is 2.16. The summed E-state index contributed by atoms with van der Waals surface area (Å²) in [5.41, 5.74) is 2.19. The summed E-state index contributed by atoms with van der Waals surface area (Å²) in [7, 11) is 0. The quantitative estimate of drug-likeness (QED) is 0.717. The predicted molar refractivity (Wildman–Crippen MR) is 82.4 cm³/mol. The molecule has 1 aromatic carbocycles. The lowest BCUT2D eigenvalue weighted by Crippen LogP contribution is -1.96. The van der Waals surface area contributed by atoms with Crippen LogP contribution in [-0.2, 0) is 0 Å². The van der Waals surface area contributed by atoms with E-state index in [0.29, 0.717) is 5.92 Å². The third-order valence-corrected chi connectivity index (χ3v) is 4.11. The molecular formula is C16H17N3S. The largest absolute Gasteiger partial charge is 0.285 e. The van der Waals surface area contributed by atoms with Crippen LogP contribution >= 0.6 is 11.8 Å². The number of nitrogens with zero attached hydrogens (tertiary/aromatic N) is 3. The first kappa shape index (κ1) is 13.2. The zero-order valence-corrected chi connectivity index (χ0v) is 12.7. The zero-order valence-electron chi connectivity index (χ0n) is 11.9. The van der Waals surface area contributed by atoms with Gasteiger partial charge < -0.3 is 0 Å². The maximum atomic E-state index is 4.26. The molecule has 3 rings (SSSR count). The number of aromatic nitrogens is 3. The van der Waals surface area contributed by atoms with E-state index in [-0.39, 0.29) is 0 Å².